The number of aromatic nitrogens is 1. The number of benzene rings is 1. The number of aryl methyl sites for hydroxylation is 1. The molecule has 0 fully saturated rings. The van der Waals surface area contributed by atoms with E-state index in [0.717, 1.165) is 5.56 Å². The number of rotatable bonds is 2. The van der Waals surface area contributed by atoms with Crippen molar-refractivity contribution in [1.29, 1.82) is 5.26 Å². The highest BCUT2D eigenvalue weighted by atomic mass is 16.2. The lowest BCUT2D eigenvalue weighted by Crippen LogP contribution is -2.20. The first-order valence-electron chi connectivity index (χ1n) is 5.89. The monoisotopic (exact) mass is 267 g/mol. The van der Waals surface area contributed by atoms with Gasteiger partial charge in [-0.15, -0.1) is 0 Å². The van der Waals surface area contributed by atoms with Crippen molar-refractivity contribution >= 4 is 23.2 Å². The maximum Gasteiger partial charge on any atom is 0.324 e. The minimum absolute atomic E-state index is 0.408. The summed E-state index contributed by atoms with van der Waals surface area (Å²) in [5, 5.41) is 14.0. The smallest absolute Gasteiger partial charge is 0.324 e. The zero-order valence-electron chi connectivity index (χ0n) is 10.8. The zero-order chi connectivity index (χ0) is 14.5. The Bertz CT molecular complexity index is 690. The molecule has 2 rings (SSSR count). The first kappa shape index (κ1) is 13.4. The number of urea groups is 1. The lowest BCUT2D eigenvalue weighted by molar-refractivity contribution is 0.262. The first-order valence-corrected chi connectivity index (χ1v) is 5.89. The molecule has 1 aromatic heterocycles. The SMILES string of the molecule is Cc1cc(NC(=O)Nc2cccc(C#N)c2)ncc1N. The molecule has 100 valence electrons. The van der Waals surface area contributed by atoms with Gasteiger partial charge in [0.2, 0.25) is 0 Å². The number of hydrogen-bond acceptors (Lipinski definition) is 4. The molecule has 0 radical (unpaired) electrons. The van der Waals surface area contributed by atoms with Gasteiger partial charge < -0.3 is 11.1 Å². The lowest BCUT2D eigenvalue weighted by Gasteiger charge is -2.08. The van der Waals surface area contributed by atoms with Crippen molar-refractivity contribution in [2.75, 3.05) is 16.4 Å². The number of pyridine rings is 1. The van der Waals surface area contributed by atoms with E-state index in [4.69, 9.17) is 11.0 Å². The second-order valence-electron chi connectivity index (χ2n) is 4.20. The van der Waals surface area contributed by atoms with Gasteiger partial charge in [-0.1, -0.05) is 6.07 Å². The van der Waals surface area contributed by atoms with E-state index in [0.29, 0.717) is 22.8 Å². The first-order chi connectivity index (χ1) is 9.58. The van der Waals surface area contributed by atoms with E-state index in [9.17, 15) is 4.79 Å². The summed E-state index contributed by atoms with van der Waals surface area (Å²) in [6.45, 7) is 1.83. The van der Waals surface area contributed by atoms with Crippen LogP contribution in [0.1, 0.15) is 11.1 Å². The molecular formula is C14H13N5O. The van der Waals surface area contributed by atoms with Crippen LogP contribution >= 0.6 is 0 Å². The average Bonchev–Trinajstić information content (AvgIpc) is 2.43. The van der Waals surface area contributed by atoms with Crippen molar-refractivity contribution < 1.29 is 4.79 Å². The number of amides is 2. The number of nitrogens with one attached hydrogen (secondary N) is 2. The third-order valence-electron chi connectivity index (χ3n) is 2.64. The Morgan fingerprint density at radius 2 is 2.15 bits per heavy atom. The molecule has 0 unspecified atom stereocenters. The predicted octanol–water partition coefficient (Wildman–Crippen LogP) is 2.49. The van der Waals surface area contributed by atoms with Crippen molar-refractivity contribution in [3.8, 4) is 6.07 Å². The van der Waals surface area contributed by atoms with Crippen LogP contribution in [-0.2, 0) is 0 Å². The summed E-state index contributed by atoms with van der Waals surface area (Å²) in [5.74, 6) is 0.408. The number of nitrogen functional groups attached to an aromatic ring is 1. The molecule has 4 N–H and O–H groups in total. The molecule has 0 aliphatic rings. The predicted molar refractivity (Wildman–Crippen MR) is 77.2 cm³/mol. The van der Waals surface area contributed by atoms with Crippen LogP contribution in [0.15, 0.2) is 36.5 Å². The summed E-state index contributed by atoms with van der Waals surface area (Å²) in [7, 11) is 0. The van der Waals surface area contributed by atoms with E-state index in [-0.39, 0.29) is 0 Å². The normalized spacial score (nSPS) is 9.60. The summed E-state index contributed by atoms with van der Waals surface area (Å²) in [6, 6.07) is 9.89. The molecule has 0 aliphatic heterocycles. The van der Waals surface area contributed by atoms with E-state index in [1.807, 2.05) is 13.0 Å². The molecule has 1 aromatic carbocycles. The molecule has 0 aliphatic carbocycles. The van der Waals surface area contributed by atoms with Crippen molar-refractivity contribution in [3.63, 3.8) is 0 Å². The lowest BCUT2D eigenvalue weighted by atomic mass is 10.2. The van der Waals surface area contributed by atoms with E-state index < -0.39 is 6.03 Å². The Kier molecular flexibility index (Phi) is 3.82. The molecule has 2 amide bonds. The number of nitrogens with two attached hydrogens (primary N) is 1. The molecule has 1 heterocycles. The fourth-order valence-corrected chi connectivity index (χ4v) is 1.58. The van der Waals surface area contributed by atoms with Crippen LogP contribution in [0.5, 0.6) is 0 Å². The van der Waals surface area contributed by atoms with E-state index in [2.05, 4.69) is 15.6 Å². The fraction of sp³-hybridized carbons (Fsp3) is 0.0714. The quantitative estimate of drug-likeness (QED) is 0.777. The third-order valence-corrected chi connectivity index (χ3v) is 2.64. The maximum absolute atomic E-state index is 11.8. The van der Waals surface area contributed by atoms with Crippen molar-refractivity contribution in [1.82, 2.24) is 4.98 Å². The minimum atomic E-state index is -0.434. The number of carbonyl (C=O) groups is 1. The summed E-state index contributed by atoms with van der Waals surface area (Å²) >= 11 is 0. The Morgan fingerprint density at radius 3 is 2.85 bits per heavy atom. The van der Waals surface area contributed by atoms with Crippen molar-refractivity contribution in [2.45, 2.75) is 6.92 Å². The van der Waals surface area contributed by atoms with Crippen LogP contribution in [-0.4, -0.2) is 11.0 Å². The van der Waals surface area contributed by atoms with E-state index >= 15 is 0 Å². The minimum Gasteiger partial charge on any atom is -0.397 e. The van der Waals surface area contributed by atoms with Gasteiger partial charge in [0, 0.05) is 5.69 Å². The van der Waals surface area contributed by atoms with Crippen molar-refractivity contribution in [3.05, 3.63) is 47.7 Å². The number of hydrogen-bond donors (Lipinski definition) is 3. The number of anilines is 3. The van der Waals surface area contributed by atoms with Gasteiger partial charge >= 0.3 is 6.03 Å². The topological polar surface area (TPSA) is 104 Å². The van der Waals surface area contributed by atoms with Crippen LogP contribution in [0.2, 0.25) is 0 Å². The van der Waals surface area contributed by atoms with Gasteiger partial charge in [0.25, 0.3) is 0 Å². The van der Waals surface area contributed by atoms with E-state index in [1.165, 1.54) is 6.20 Å². The third kappa shape index (κ3) is 3.23. The summed E-state index contributed by atoms with van der Waals surface area (Å²) in [4.78, 5) is 15.8. The summed E-state index contributed by atoms with van der Waals surface area (Å²) < 4.78 is 0. The molecule has 6 heteroatoms. The maximum atomic E-state index is 11.8. The second-order valence-corrected chi connectivity index (χ2v) is 4.20. The molecule has 0 spiro atoms. The highest BCUT2D eigenvalue weighted by molar-refractivity contribution is 5.99. The molecule has 20 heavy (non-hydrogen) atoms. The van der Waals surface area contributed by atoms with Gasteiger partial charge in [0.1, 0.15) is 5.82 Å². The Labute approximate surface area is 116 Å². The standard InChI is InChI=1S/C14H13N5O/c1-9-5-13(17-8-12(9)16)19-14(20)18-11-4-2-3-10(6-11)7-15/h2-6,8H,16H2,1H3,(H2,17,18,19,20). The van der Waals surface area contributed by atoms with Gasteiger partial charge in [0.05, 0.1) is 23.5 Å². The van der Waals surface area contributed by atoms with Crippen LogP contribution in [0.25, 0.3) is 0 Å². The van der Waals surface area contributed by atoms with Gasteiger partial charge in [-0.05, 0) is 36.8 Å². The molecule has 0 saturated heterocycles. The molecule has 0 saturated carbocycles. The number of nitriles is 1. The number of nitrogens with zero attached hydrogens (tertiary/aromatic N) is 2. The van der Waals surface area contributed by atoms with Crippen LogP contribution < -0.4 is 16.4 Å². The molecular weight excluding hydrogens is 254 g/mol. The van der Waals surface area contributed by atoms with Crippen LogP contribution in [0, 0.1) is 18.3 Å². The van der Waals surface area contributed by atoms with Crippen molar-refractivity contribution in [2.24, 2.45) is 0 Å². The zero-order valence-corrected chi connectivity index (χ0v) is 10.8. The summed E-state index contributed by atoms with van der Waals surface area (Å²) in [6.07, 6.45) is 1.49. The number of carbonyl (C=O) groups excluding carboxylic acids is 1. The highest BCUT2D eigenvalue weighted by Crippen LogP contribution is 2.14. The Balaban J connectivity index is 2.05. The Morgan fingerprint density at radius 1 is 1.35 bits per heavy atom. The van der Waals surface area contributed by atoms with Crippen LogP contribution in [0.3, 0.4) is 0 Å². The fourth-order valence-electron chi connectivity index (χ4n) is 1.58. The molecule has 2 aromatic rings. The van der Waals surface area contributed by atoms with Gasteiger partial charge in [0.15, 0.2) is 0 Å². The summed E-state index contributed by atoms with van der Waals surface area (Å²) in [5.41, 5.74) is 8.07. The van der Waals surface area contributed by atoms with Gasteiger partial charge in [-0.25, -0.2) is 9.78 Å². The molecule has 0 bridgehead atoms. The van der Waals surface area contributed by atoms with E-state index in [1.54, 1.807) is 30.3 Å². The molecule has 6 nitrogen and oxygen atoms in total. The van der Waals surface area contributed by atoms with Gasteiger partial charge in [-0.3, -0.25) is 5.32 Å². The van der Waals surface area contributed by atoms with Crippen LogP contribution in [0.4, 0.5) is 22.0 Å². The second kappa shape index (κ2) is 5.71. The average molecular weight is 267 g/mol. The Hall–Kier alpha value is -3.07. The largest absolute Gasteiger partial charge is 0.397 e. The molecule has 0 atom stereocenters. The van der Waals surface area contributed by atoms with Gasteiger partial charge in [-0.2, -0.15) is 5.26 Å². The highest BCUT2D eigenvalue weighted by Gasteiger charge is 2.05.